The Morgan fingerprint density at radius 2 is 1.52 bits per heavy atom. The molecule has 0 atom stereocenters. The Bertz CT molecular complexity index is 1050. The summed E-state index contributed by atoms with van der Waals surface area (Å²) in [6, 6.07) is 19.5. The van der Waals surface area contributed by atoms with E-state index in [0.717, 1.165) is 0 Å². The number of carbonyl (C=O) groups excluding carboxylic acids is 2. The lowest BCUT2D eigenvalue weighted by atomic mass is 10.1. The van der Waals surface area contributed by atoms with E-state index in [2.05, 4.69) is 10.6 Å². The van der Waals surface area contributed by atoms with Crippen LogP contribution in [0, 0.1) is 5.82 Å². The second kappa shape index (κ2) is 9.32. The first-order valence-corrected chi connectivity index (χ1v) is 8.85. The predicted molar refractivity (Wildman–Crippen MR) is 111 cm³/mol. The van der Waals surface area contributed by atoms with Crippen molar-refractivity contribution in [3.05, 3.63) is 95.8 Å². The van der Waals surface area contributed by atoms with Gasteiger partial charge in [-0.3, -0.25) is 9.59 Å². The van der Waals surface area contributed by atoms with Crippen molar-refractivity contribution in [2.75, 3.05) is 17.7 Å². The smallest absolute Gasteiger partial charge is 0.257 e. The molecule has 146 valence electrons. The second-order valence-corrected chi connectivity index (χ2v) is 6.07. The van der Waals surface area contributed by atoms with Gasteiger partial charge in [-0.1, -0.05) is 36.4 Å². The topological polar surface area (TPSA) is 67.4 Å². The molecule has 6 heteroatoms. The van der Waals surface area contributed by atoms with Crippen molar-refractivity contribution in [1.82, 2.24) is 0 Å². The average Bonchev–Trinajstić information content (AvgIpc) is 2.74. The number of ether oxygens (including phenoxy) is 1. The minimum atomic E-state index is -0.410. The number of benzene rings is 3. The maximum atomic E-state index is 12.9. The molecule has 2 amide bonds. The molecule has 0 saturated heterocycles. The maximum Gasteiger partial charge on any atom is 0.257 e. The van der Waals surface area contributed by atoms with Crippen molar-refractivity contribution in [3.63, 3.8) is 0 Å². The van der Waals surface area contributed by atoms with Crippen LogP contribution in [0.15, 0.2) is 78.9 Å². The third kappa shape index (κ3) is 5.29. The number of rotatable bonds is 6. The van der Waals surface area contributed by atoms with Gasteiger partial charge in [0.2, 0.25) is 5.91 Å². The number of methoxy groups -OCH3 is 1. The maximum absolute atomic E-state index is 12.9. The molecule has 3 rings (SSSR count). The highest BCUT2D eigenvalue weighted by Gasteiger charge is 2.14. The highest BCUT2D eigenvalue weighted by Crippen LogP contribution is 2.25. The van der Waals surface area contributed by atoms with Crippen LogP contribution in [0.2, 0.25) is 0 Å². The highest BCUT2D eigenvalue weighted by molar-refractivity contribution is 6.12. The van der Waals surface area contributed by atoms with E-state index in [1.54, 1.807) is 66.7 Å². The predicted octanol–water partition coefficient (Wildman–Crippen LogP) is 4.74. The molecule has 0 aliphatic heterocycles. The molecule has 3 aromatic rings. The Kier molecular flexibility index (Phi) is 6.37. The normalized spacial score (nSPS) is 10.6. The number of para-hydroxylation sites is 3. The van der Waals surface area contributed by atoms with Crippen molar-refractivity contribution in [3.8, 4) is 5.75 Å². The summed E-state index contributed by atoms with van der Waals surface area (Å²) in [7, 11) is 1.52. The van der Waals surface area contributed by atoms with E-state index >= 15 is 0 Å². The van der Waals surface area contributed by atoms with Crippen LogP contribution in [0.3, 0.4) is 0 Å². The van der Waals surface area contributed by atoms with Crippen LogP contribution in [0.1, 0.15) is 15.9 Å². The third-order valence-corrected chi connectivity index (χ3v) is 4.08. The van der Waals surface area contributed by atoms with Crippen LogP contribution < -0.4 is 15.4 Å². The number of nitrogens with one attached hydrogen (secondary N) is 2. The van der Waals surface area contributed by atoms with Gasteiger partial charge in [-0.25, -0.2) is 4.39 Å². The van der Waals surface area contributed by atoms with Crippen LogP contribution in [0.5, 0.6) is 5.75 Å². The molecule has 0 spiro atoms. The molecule has 0 bridgehead atoms. The zero-order valence-electron chi connectivity index (χ0n) is 15.7. The molecule has 0 fully saturated rings. The van der Waals surface area contributed by atoms with Gasteiger partial charge >= 0.3 is 0 Å². The molecule has 0 unspecified atom stereocenters. The molecular weight excluding hydrogens is 371 g/mol. The zero-order valence-corrected chi connectivity index (χ0v) is 15.7. The number of amides is 2. The Morgan fingerprint density at radius 1 is 0.862 bits per heavy atom. The van der Waals surface area contributed by atoms with Gasteiger partial charge in [0.1, 0.15) is 11.6 Å². The summed E-state index contributed by atoms with van der Waals surface area (Å²) in [5.41, 5.74) is 1.89. The van der Waals surface area contributed by atoms with E-state index in [0.29, 0.717) is 28.3 Å². The van der Waals surface area contributed by atoms with E-state index in [4.69, 9.17) is 4.74 Å². The summed E-state index contributed by atoms with van der Waals surface area (Å²) in [4.78, 5) is 25.0. The van der Waals surface area contributed by atoms with Crippen molar-refractivity contribution < 1.29 is 18.7 Å². The van der Waals surface area contributed by atoms with Crippen LogP contribution >= 0.6 is 0 Å². The quantitative estimate of drug-likeness (QED) is 0.598. The van der Waals surface area contributed by atoms with Gasteiger partial charge in [0, 0.05) is 6.08 Å². The lowest BCUT2D eigenvalue weighted by molar-refractivity contribution is -0.111. The van der Waals surface area contributed by atoms with Gasteiger partial charge in [-0.15, -0.1) is 0 Å². The second-order valence-electron chi connectivity index (χ2n) is 6.07. The summed E-state index contributed by atoms with van der Waals surface area (Å²) in [6.45, 7) is 0. The molecule has 0 aliphatic carbocycles. The average molecular weight is 390 g/mol. The van der Waals surface area contributed by atoms with E-state index in [-0.39, 0.29) is 11.7 Å². The minimum absolute atomic E-state index is 0.307. The lowest BCUT2D eigenvalue weighted by Gasteiger charge is -2.12. The first-order valence-electron chi connectivity index (χ1n) is 8.85. The van der Waals surface area contributed by atoms with Crippen LogP contribution in [-0.2, 0) is 4.79 Å². The Morgan fingerprint density at radius 3 is 2.24 bits per heavy atom. The fraction of sp³-hybridized carbons (Fsp3) is 0.0435. The zero-order chi connectivity index (χ0) is 20.6. The van der Waals surface area contributed by atoms with Gasteiger partial charge in [0.25, 0.3) is 5.91 Å². The molecule has 3 aromatic carbocycles. The van der Waals surface area contributed by atoms with E-state index in [9.17, 15) is 14.0 Å². The number of hydrogen-bond acceptors (Lipinski definition) is 3. The number of anilines is 2. The van der Waals surface area contributed by atoms with Crippen LogP contribution in [0.4, 0.5) is 15.8 Å². The molecular formula is C23H19FN2O3. The summed E-state index contributed by atoms with van der Waals surface area (Å²) in [6.07, 6.45) is 2.88. The van der Waals surface area contributed by atoms with Crippen LogP contribution in [0.25, 0.3) is 6.08 Å². The fourth-order valence-electron chi connectivity index (χ4n) is 2.65. The number of halogens is 1. The van der Waals surface area contributed by atoms with Gasteiger partial charge in [0.05, 0.1) is 24.0 Å². The molecule has 0 heterocycles. The minimum Gasteiger partial charge on any atom is -0.495 e. The Hall–Kier alpha value is -3.93. The first kappa shape index (κ1) is 19.8. The highest BCUT2D eigenvalue weighted by atomic mass is 19.1. The lowest BCUT2D eigenvalue weighted by Crippen LogP contribution is -2.17. The first-order chi connectivity index (χ1) is 14.1. The summed E-state index contributed by atoms with van der Waals surface area (Å²) < 4.78 is 18.2. The van der Waals surface area contributed by atoms with Gasteiger partial charge in [-0.05, 0) is 48.0 Å². The number of hydrogen-bond donors (Lipinski definition) is 2. The monoisotopic (exact) mass is 390 g/mol. The molecule has 0 aromatic heterocycles. The molecule has 0 radical (unpaired) electrons. The molecule has 5 nitrogen and oxygen atoms in total. The standard InChI is InChI=1S/C23H19FN2O3/c1-29-21-9-5-4-8-20(21)26-23(28)18-6-2-3-7-19(18)25-22(27)15-12-16-10-13-17(24)14-11-16/h2-15H,1H3,(H,25,27)(H,26,28)/b15-12+. The largest absolute Gasteiger partial charge is 0.495 e. The molecule has 29 heavy (non-hydrogen) atoms. The van der Waals surface area contributed by atoms with Crippen molar-refractivity contribution in [1.29, 1.82) is 0 Å². The van der Waals surface area contributed by atoms with E-state index < -0.39 is 5.91 Å². The summed E-state index contributed by atoms with van der Waals surface area (Å²) >= 11 is 0. The summed E-state index contributed by atoms with van der Waals surface area (Å²) in [5.74, 6) is -0.606. The van der Waals surface area contributed by atoms with Crippen molar-refractivity contribution >= 4 is 29.3 Å². The van der Waals surface area contributed by atoms with Crippen LogP contribution in [-0.4, -0.2) is 18.9 Å². The van der Waals surface area contributed by atoms with E-state index in [1.807, 2.05) is 0 Å². The molecule has 0 aliphatic rings. The Balaban J connectivity index is 1.73. The Labute approximate surface area is 167 Å². The van der Waals surface area contributed by atoms with Gasteiger partial charge in [0.15, 0.2) is 0 Å². The van der Waals surface area contributed by atoms with Crippen molar-refractivity contribution in [2.24, 2.45) is 0 Å². The summed E-state index contributed by atoms with van der Waals surface area (Å²) in [5, 5.41) is 5.48. The fourth-order valence-corrected chi connectivity index (χ4v) is 2.65. The molecule has 0 saturated carbocycles. The van der Waals surface area contributed by atoms with Crippen molar-refractivity contribution in [2.45, 2.75) is 0 Å². The molecule has 2 N–H and O–H groups in total. The SMILES string of the molecule is COc1ccccc1NC(=O)c1ccccc1NC(=O)/C=C/c1ccc(F)cc1. The number of carbonyl (C=O) groups is 2. The third-order valence-electron chi connectivity index (χ3n) is 4.08. The van der Waals surface area contributed by atoms with Gasteiger partial charge in [-0.2, -0.15) is 0 Å². The van der Waals surface area contributed by atoms with Gasteiger partial charge < -0.3 is 15.4 Å². The van der Waals surface area contributed by atoms with E-state index in [1.165, 1.54) is 25.3 Å².